The van der Waals surface area contributed by atoms with E-state index in [1.54, 1.807) is 6.92 Å². The number of hydrogen-bond donors (Lipinski definition) is 1. The maximum Gasteiger partial charge on any atom is 0.387 e. The molecule has 1 aromatic carbocycles. The van der Waals surface area contributed by atoms with Crippen molar-refractivity contribution >= 4 is 17.6 Å². The van der Waals surface area contributed by atoms with Crippen LogP contribution >= 0.6 is 0 Å². The molecule has 0 unspecified atom stereocenters. The average molecular weight is 411 g/mol. The Morgan fingerprint density at radius 2 is 1.79 bits per heavy atom. The molecule has 1 heterocycles. The Labute approximate surface area is 163 Å². The number of anilines is 1. The van der Waals surface area contributed by atoms with Gasteiger partial charge in [-0.3, -0.25) is 18.7 Å². The highest BCUT2D eigenvalue weighted by atomic mass is 19.3. The molecule has 0 aliphatic carbocycles. The predicted octanol–water partition coefficient (Wildman–Crippen LogP) is 1.18. The Hall–Kier alpha value is -3.50. The molecule has 0 radical (unpaired) electrons. The molecule has 156 valence electrons. The smallest absolute Gasteiger partial charge is 0.387 e. The lowest BCUT2D eigenvalue weighted by atomic mass is 10.2. The van der Waals surface area contributed by atoms with Gasteiger partial charge in [0.2, 0.25) is 5.78 Å². The van der Waals surface area contributed by atoms with E-state index in [0.717, 1.165) is 21.3 Å². The number of carbonyl (C=O) groups excluding carboxylic acids is 2. The van der Waals surface area contributed by atoms with Gasteiger partial charge in [-0.05, 0) is 30.7 Å². The quantitative estimate of drug-likeness (QED) is 0.511. The fourth-order valence-corrected chi connectivity index (χ4v) is 2.54. The van der Waals surface area contributed by atoms with E-state index in [-0.39, 0.29) is 23.7 Å². The van der Waals surface area contributed by atoms with Crippen molar-refractivity contribution in [3.63, 3.8) is 0 Å². The van der Waals surface area contributed by atoms with Crippen LogP contribution in [0.5, 0.6) is 5.75 Å². The number of alkyl halides is 2. The number of rotatable bonds is 8. The zero-order valence-electron chi connectivity index (χ0n) is 15.7. The van der Waals surface area contributed by atoms with Crippen molar-refractivity contribution in [2.45, 2.75) is 26.5 Å². The molecule has 29 heavy (non-hydrogen) atoms. The number of carbonyl (C=O) groups is 2. The first-order valence-electron chi connectivity index (χ1n) is 8.51. The second kappa shape index (κ2) is 9.13. The van der Waals surface area contributed by atoms with Gasteiger partial charge in [0.15, 0.2) is 6.61 Å². The molecule has 0 saturated heterocycles. The van der Waals surface area contributed by atoms with Crippen molar-refractivity contribution in [1.29, 1.82) is 0 Å². The molecule has 1 aromatic heterocycles. The van der Waals surface area contributed by atoms with Crippen LogP contribution in [0, 0.1) is 0 Å². The fourth-order valence-electron chi connectivity index (χ4n) is 2.54. The molecule has 11 heteroatoms. The largest absolute Gasteiger partial charge is 0.454 e. The molecular weight excluding hydrogens is 392 g/mol. The Kier molecular flexibility index (Phi) is 6.86. The topological polar surface area (TPSA) is 123 Å². The number of aromatic nitrogens is 2. The number of ether oxygens (including phenoxy) is 2. The van der Waals surface area contributed by atoms with Gasteiger partial charge in [0.05, 0.1) is 5.56 Å². The van der Waals surface area contributed by atoms with Crippen molar-refractivity contribution in [1.82, 2.24) is 9.13 Å². The number of halogens is 2. The van der Waals surface area contributed by atoms with Crippen molar-refractivity contribution in [3.05, 3.63) is 56.2 Å². The van der Waals surface area contributed by atoms with Gasteiger partial charge in [-0.2, -0.15) is 8.78 Å². The van der Waals surface area contributed by atoms with E-state index < -0.39 is 41.8 Å². The summed E-state index contributed by atoms with van der Waals surface area (Å²) in [7, 11) is 1.21. The minimum atomic E-state index is -3.01. The first-order valence-corrected chi connectivity index (χ1v) is 8.51. The highest BCUT2D eigenvalue weighted by Crippen LogP contribution is 2.15. The average Bonchev–Trinajstić information content (AvgIpc) is 2.68. The van der Waals surface area contributed by atoms with Gasteiger partial charge in [-0.1, -0.05) is 6.92 Å². The Morgan fingerprint density at radius 3 is 2.34 bits per heavy atom. The van der Waals surface area contributed by atoms with Gasteiger partial charge in [0.1, 0.15) is 17.1 Å². The van der Waals surface area contributed by atoms with Crippen molar-refractivity contribution in [3.8, 4) is 5.75 Å². The maximum atomic E-state index is 12.4. The molecule has 0 aliphatic heterocycles. The summed E-state index contributed by atoms with van der Waals surface area (Å²) in [6.45, 7) is -1.81. The fraction of sp³-hybridized carbons (Fsp3) is 0.333. The van der Waals surface area contributed by atoms with Gasteiger partial charge in [0.25, 0.3) is 5.56 Å². The highest BCUT2D eigenvalue weighted by molar-refractivity contribution is 6.02. The third-order valence-electron chi connectivity index (χ3n) is 3.96. The van der Waals surface area contributed by atoms with Crippen molar-refractivity contribution in [2.75, 3.05) is 12.3 Å². The first-order chi connectivity index (χ1) is 13.7. The standard InChI is InChI=1S/C18H19F2N3O6/c1-3-8-23-14(21)13(15(25)22(2)18(23)27)12(24)9-28-16(26)10-4-6-11(7-5-10)29-17(19)20/h4-7,17H,3,8-9,21H2,1-2H3. The normalized spacial score (nSPS) is 10.8. The molecule has 0 bridgehead atoms. The number of hydrogen-bond acceptors (Lipinski definition) is 7. The molecule has 2 aromatic rings. The maximum absolute atomic E-state index is 12.4. The van der Waals surface area contributed by atoms with Crippen molar-refractivity contribution in [2.24, 2.45) is 7.05 Å². The summed E-state index contributed by atoms with van der Waals surface area (Å²) in [5.41, 5.74) is 3.81. The number of ketones is 1. The molecule has 0 atom stereocenters. The van der Waals surface area contributed by atoms with E-state index in [4.69, 9.17) is 10.5 Å². The van der Waals surface area contributed by atoms with Crippen LogP contribution in [0.3, 0.4) is 0 Å². The lowest BCUT2D eigenvalue weighted by molar-refractivity contribution is -0.0498. The minimum Gasteiger partial charge on any atom is -0.454 e. The molecule has 2 rings (SSSR count). The molecule has 2 N–H and O–H groups in total. The zero-order chi connectivity index (χ0) is 21.7. The molecule has 0 saturated carbocycles. The lowest BCUT2D eigenvalue weighted by Crippen LogP contribution is -2.43. The predicted molar refractivity (Wildman–Crippen MR) is 98.3 cm³/mol. The third-order valence-corrected chi connectivity index (χ3v) is 3.96. The Morgan fingerprint density at radius 1 is 1.17 bits per heavy atom. The van der Waals surface area contributed by atoms with Gasteiger partial charge < -0.3 is 15.2 Å². The first kappa shape index (κ1) is 21.8. The van der Waals surface area contributed by atoms with E-state index in [0.29, 0.717) is 6.42 Å². The minimum absolute atomic E-state index is 0.0174. The van der Waals surface area contributed by atoms with Crippen LogP contribution < -0.4 is 21.7 Å². The van der Waals surface area contributed by atoms with Crippen LogP contribution in [0.4, 0.5) is 14.6 Å². The van der Waals surface area contributed by atoms with E-state index in [2.05, 4.69) is 4.74 Å². The number of nitrogen functional groups attached to an aromatic ring is 1. The number of nitrogens with two attached hydrogens (primary N) is 1. The van der Waals surface area contributed by atoms with E-state index in [1.165, 1.54) is 19.2 Å². The summed E-state index contributed by atoms with van der Waals surface area (Å²) in [4.78, 5) is 48.9. The number of Topliss-reactive ketones (excluding diaryl/α,β-unsaturated/α-hetero) is 1. The molecule has 9 nitrogen and oxygen atoms in total. The zero-order valence-corrected chi connectivity index (χ0v) is 15.7. The number of esters is 1. The van der Waals surface area contributed by atoms with Crippen LogP contribution in [0.2, 0.25) is 0 Å². The van der Waals surface area contributed by atoms with Crippen molar-refractivity contribution < 1.29 is 27.8 Å². The summed E-state index contributed by atoms with van der Waals surface area (Å²) < 4.78 is 35.2. The SMILES string of the molecule is CCCn1c(N)c(C(=O)COC(=O)c2ccc(OC(F)F)cc2)c(=O)n(C)c1=O. The molecule has 0 aliphatic rings. The second-order valence-corrected chi connectivity index (χ2v) is 5.96. The van der Waals surface area contributed by atoms with Crippen LogP contribution in [0.25, 0.3) is 0 Å². The second-order valence-electron chi connectivity index (χ2n) is 5.96. The summed E-state index contributed by atoms with van der Waals surface area (Å²) in [5, 5.41) is 0. The van der Waals surface area contributed by atoms with Crippen LogP contribution in [0.15, 0.2) is 33.9 Å². The van der Waals surface area contributed by atoms with Gasteiger partial charge in [-0.15, -0.1) is 0 Å². The number of benzene rings is 1. The molecule has 0 fully saturated rings. The molecule has 0 spiro atoms. The third kappa shape index (κ3) is 4.86. The Balaban J connectivity index is 2.18. The summed E-state index contributed by atoms with van der Waals surface area (Å²) >= 11 is 0. The van der Waals surface area contributed by atoms with E-state index in [9.17, 15) is 28.0 Å². The van der Waals surface area contributed by atoms with Crippen LogP contribution in [0.1, 0.15) is 34.1 Å². The summed E-state index contributed by atoms with van der Waals surface area (Å²) in [6, 6.07) is 4.64. The molecule has 0 amide bonds. The van der Waals surface area contributed by atoms with Crippen LogP contribution in [-0.2, 0) is 18.3 Å². The highest BCUT2D eigenvalue weighted by Gasteiger charge is 2.22. The van der Waals surface area contributed by atoms with Gasteiger partial charge >= 0.3 is 18.3 Å². The monoisotopic (exact) mass is 411 g/mol. The van der Waals surface area contributed by atoms with E-state index in [1.807, 2.05) is 0 Å². The lowest BCUT2D eigenvalue weighted by Gasteiger charge is -2.14. The van der Waals surface area contributed by atoms with Gasteiger partial charge in [-0.25, -0.2) is 9.59 Å². The Bertz CT molecular complexity index is 1030. The molecular formula is C18H19F2N3O6. The summed E-state index contributed by atoms with van der Waals surface area (Å²) in [5.74, 6) is -2.24. The number of nitrogens with zero attached hydrogens (tertiary/aromatic N) is 2. The van der Waals surface area contributed by atoms with Gasteiger partial charge in [0, 0.05) is 13.6 Å². The van der Waals surface area contributed by atoms with Crippen LogP contribution in [-0.4, -0.2) is 34.1 Å². The summed E-state index contributed by atoms with van der Waals surface area (Å²) in [6.07, 6.45) is 0.538. The van der Waals surface area contributed by atoms with E-state index >= 15 is 0 Å².